The Morgan fingerprint density at radius 1 is 1.04 bits per heavy atom. The molecule has 0 saturated carbocycles. The van der Waals surface area contributed by atoms with E-state index >= 15 is 0 Å². The van der Waals surface area contributed by atoms with Crippen molar-refractivity contribution in [3.63, 3.8) is 0 Å². The summed E-state index contributed by atoms with van der Waals surface area (Å²) < 4.78 is 5.28. The van der Waals surface area contributed by atoms with E-state index in [4.69, 9.17) is 4.74 Å². The van der Waals surface area contributed by atoms with Crippen LogP contribution in [0.1, 0.15) is 16.8 Å². The second-order valence-electron chi connectivity index (χ2n) is 5.89. The normalized spacial score (nSPS) is 16.3. The van der Waals surface area contributed by atoms with E-state index in [9.17, 15) is 14.4 Å². The predicted molar refractivity (Wildman–Crippen MR) is 95.5 cm³/mol. The van der Waals surface area contributed by atoms with Crippen LogP contribution in [0.5, 0.6) is 5.75 Å². The third kappa shape index (κ3) is 3.66. The van der Waals surface area contributed by atoms with Crippen molar-refractivity contribution in [2.45, 2.75) is 6.42 Å². The van der Waals surface area contributed by atoms with E-state index in [1.165, 1.54) is 12.0 Å². The molecule has 0 aliphatic carbocycles. The molecule has 26 heavy (non-hydrogen) atoms. The van der Waals surface area contributed by atoms with Crippen molar-refractivity contribution in [1.29, 1.82) is 0 Å². The lowest BCUT2D eigenvalue weighted by Gasteiger charge is -2.19. The minimum atomic E-state index is -0.552. The lowest BCUT2D eigenvalue weighted by atomic mass is 10.1. The maximum Gasteiger partial charge on any atom is 0.269 e. The van der Waals surface area contributed by atoms with Crippen LogP contribution in [0.25, 0.3) is 0 Å². The zero-order valence-corrected chi connectivity index (χ0v) is 14.3. The summed E-state index contributed by atoms with van der Waals surface area (Å²) in [6, 6.07) is 15.7. The Morgan fingerprint density at radius 3 is 2.46 bits per heavy atom. The molecule has 2 N–H and O–H groups in total. The SMILES string of the molecule is COc1ccccc1N1C[C@H](C(=O)NNC(=O)c2ccccc2)CC1=O. The van der Waals surface area contributed by atoms with Gasteiger partial charge in [-0.15, -0.1) is 0 Å². The van der Waals surface area contributed by atoms with Gasteiger partial charge in [0, 0.05) is 18.5 Å². The summed E-state index contributed by atoms with van der Waals surface area (Å²) in [7, 11) is 1.53. The summed E-state index contributed by atoms with van der Waals surface area (Å²) in [5.74, 6) is -0.961. The van der Waals surface area contributed by atoms with Crippen molar-refractivity contribution >= 4 is 23.4 Å². The molecule has 1 aliphatic rings. The standard InChI is InChI=1S/C19H19N3O4/c1-26-16-10-6-5-9-15(16)22-12-14(11-17(22)23)19(25)21-20-18(24)13-7-3-2-4-8-13/h2-10,14H,11-12H2,1H3,(H,20,24)(H,21,25)/t14-/m1/s1. The van der Waals surface area contributed by atoms with E-state index in [0.29, 0.717) is 17.0 Å². The number of nitrogens with zero attached hydrogens (tertiary/aromatic N) is 1. The van der Waals surface area contributed by atoms with E-state index in [0.717, 1.165) is 0 Å². The number of carbonyl (C=O) groups excluding carboxylic acids is 3. The molecule has 1 saturated heterocycles. The number of hydrogen-bond donors (Lipinski definition) is 2. The summed E-state index contributed by atoms with van der Waals surface area (Å²) in [5.41, 5.74) is 5.83. The van der Waals surface area contributed by atoms with Crippen LogP contribution < -0.4 is 20.5 Å². The van der Waals surface area contributed by atoms with E-state index < -0.39 is 17.7 Å². The molecule has 1 heterocycles. The fraction of sp³-hybridized carbons (Fsp3) is 0.211. The molecule has 0 bridgehead atoms. The van der Waals surface area contributed by atoms with E-state index in [1.54, 1.807) is 48.5 Å². The third-order valence-electron chi connectivity index (χ3n) is 4.21. The number of anilines is 1. The number of methoxy groups -OCH3 is 1. The van der Waals surface area contributed by atoms with Gasteiger partial charge in [0.25, 0.3) is 5.91 Å². The van der Waals surface area contributed by atoms with Crippen LogP contribution in [0.15, 0.2) is 54.6 Å². The van der Waals surface area contributed by atoms with Gasteiger partial charge in [-0.3, -0.25) is 25.2 Å². The molecule has 1 fully saturated rings. The molecular weight excluding hydrogens is 334 g/mol. The summed E-state index contributed by atoms with van der Waals surface area (Å²) in [6.45, 7) is 0.228. The fourth-order valence-electron chi connectivity index (χ4n) is 2.85. The van der Waals surface area contributed by atoms with Crippen LogP contribution in [0.4, 0.5) is 5.69 Å². The van der Waals surface area contributed by atoms with Crippen LogP contribution >= 0.6 is 0 Å². The largest absolute Gasteiger partial charge is 0.495 e. The van der Waals surface area contributed by atoms with Gasteiger partial charge in [-0.1, -0.05) is 30.3 Å². The molecule has 1 aliphatic heterocycles. The molecule has 134 valence electrons. The lowest BCUT2D eigenvalue weighted by Crippen LogP contribution is -2.45. The van der Waals surface area contributed by atoms with Crippen molar-refractivity contribution in [2.75, 3.05) is 18.6 Å². The third-order valence-corrected chi connectivity index (χ3v) is 4.21. The smallest absolute Gasteiger partial charge is 0.269 e. The van der Waals surface area contributed by atoms with Gasteiger partial charge >= 0.3 is 0 Å². The van der Waals surface area contributed by atoms with Gasteiger partial charge in [-0.25, -0.2) is 0 Å². The molecule has 2 aromatic carbocycles. The zero-order valence-electron chi connectivity index (χ0n) is 14.3. The molecule has 1 atom stereocenters. The number of carbonyl (C=O) groups is 3. The Balaban J connectivity index is 1.61. The van der Waals surface area contributed by atoms with Crippen molar-refractivity contribution in [1.82, 2.24) is 10.9 Å². The van der Waals surface area contributed by atoms with Gasteiger partial charge in [-0.2, -0.15) is 0 Å². The second kappa shape index (κ2) is 7.69. The van der Waals surface area contributed by atoms with Crippen LogP contribution in [0.2, 0.25) is 0 Å². The predicted octanol–water partition coefficient (Wildman–Crippen LogP) is 1.51. The van der Waals surface area contributed by atoms with Gasteiger partial charge in [0.05, 0.1) is 18.7 Å². The minimum Gasteiger partial charge on any atom is -0.495 e. The van der Waals surface area contributed by atoms with Crippen molar-refractivity contribution < 1.29 is 19.1 Å². The molecular formula is C19H19N3O4. The molecule has 0 radical (unpaired) electrons. The number of amides is 3. The highest BCUT2D eigenvalue weighted by Crippen LogP contribution is 2.32. The quantitative estimate of drug-likeness (QED) is 0.816. The fourth-order valence-corrected chi connectivity index (χ4v) is 2.85. The number of para-hydroxylation sites is 2. The molecule has 3 amide bonds. The maximum atomic E-state index is 12.3. The van der Waals surface area contributed by atoms with Crippen molar-refractivity contribution in [3.05, 3.63) is 60.2 Å². The first kappa shape index (κ1) is 17.5. The highest BCUT2D eigenvalue weighted by atomic mass is 16.5. The van der Waals surface area contributed by atoms with Crippen molar-refractivity contribution in [3.8, 4) is 5.75 Å². The zero-order chi connectivity index (χ0) is 18.5. The first-order valence-electron chi connectivity index (χ1n) is 8.18. The monoisotopic (exact) mass is 353 g/mol. The average Bonchev–Trinajstić information content (AvgIpc) is 3.08. The highest BCUT2D eigenvalue weighted by molar-refractivity contribution is 6.02. The number of rotatable bonds is 4. The summed E-state index contributed by atoms with van der Waals surface area (Å²) in [5, 5.41) is 0. The molecule has 0 unspecified atom stereocenters. The number of ether oxygens (including phenoxy) is 1. The van der Waals surface area contributed by atoms with Crippen LogP contribution in [0, 0.1) is 5.92 Å². The Labute approximate surface area is 150 Å². The minimum absolute atomic E-state index is 0.0745. The molecule has 3 rings (SSSR count). The van der Waals surface area contributed by atoms with E-state index in [1.807, 2.05) is 6.07 Å². The Hall–Kier alpha value is -3.35. The van der Waals surface area contributed by atoms with Gasteiger partial charge in [-0.05, 0) is 24.3 Å². The lowest BCUT2D eigenvalue weighted by molar-refractivity contribution is -0.126. The van der Waals surface area contributed by atoms with E-state index in [2.05, 4.69) is 10.9 Å². The van der Waals surface area contributed by atoms with Crippen LogP contribution in [-0.4, -0.2) is 31.4 Å². The van der Waals surface area contributed by atoms with Crippen LogP contribution in [0.3, 0.4) is 0 Å². The topological polar surface area (TPSA) is 87.7 Å². The summed E-state index contributed by atoms with van der Waals surface area (Å²) >= 11 is 0. The molecule has 0 aromatic heterocycles. The van der Waals surface area contributed by atoms with Gasteiger partial charge in [0.2, 0.25) is 11.8 Å². The molecule has 7 heteroatoms. The van der Waals surface area contributed by atoms with Gasteiger partial charge in [0.15, 0.2) is 0 Å². The summed E-state index contributed by atoms with van der Waals surface area (Å²) in [6.07, 6.45) is 0.0745. The molecule has 7 nitrogen and oxygen atoms in total. The second-order valence-corrected chi connectivity index (χ2v) is 5.89. The molecule has 0 spiro atoms. The Morgan fingerprint density at radius 2 is 1.73 bits per heavy atom. The molecule has 2 aromatic rings. The maximum absolute atomic E-state index is 12.3. The number of benzene rings is 2. The number of hydrogen-bond acceptors (Lipinski definition) is 4. The van der Waals surface area contributed by atoms with E-state index in [-0.39, 0.29) is 18.9 Å². The first-order chi connectivity index (χ1) is 12.6. The van der Waals surface area contributed by atoms with Gasteiger partial charge in [0.1, 0.15) is 5.75 Å². The number of nitrogens with one attached hydrogen (secondary N) is 2. The Kier molecular flexibility index (Phi) is 5.17. The Bertz CT molecular complexity index is 823. The van der Waals surface area contributed by atoms with Gasteiger partial charge < -0.3 is 9.64 Å². The first-order valence-corrected chi connectivity index (χ1v) is 8.18. The van der Waals surface area contributed by atoms with Crippen LogP contribution in [-0.2, 0) is 9.59 Å². The number of hydrazine groups is 1. The summed E-state index contributed by atoms with van der Waals surface area (Å²) in [4.78, 5) is 38.2. The van der Waals surface area contributed by atoms with Crippen molar-refractivity contribution in [2.24, 2.45) is 5.92 Å². The average molecular weight is 353 g/mol. The highest BCUT2D eigenvalue weighted by Gasteiger charge is 2.36.